The highest BCUT2D eigenvalue weighted by Gasteiger charge is 2.59. The molecule has 0 aromatic rings. The third-order valence-corrected chi connectivity index (χ3v) is 8.26. The lowest BCUT2D eigenvalue weighted by atomic mass is 9.85. The third-order valence-electron chi connectivity index (χ3n) is 5.36. The maximum Gasteiger partial charge on any atom is 0.322 e. The quantitative estimate of drug-likeness (QED) is 0.267. The molecule has 3 rings (SSSR count). The van der Waals surface area contributed by atoms with E-state index < -0.39 is 4.75 Å². The zero-order valence-corrected chi connectivity index (χ0v) is 18.3. The number of ether oxygens (including phenoxy) is 1. The molecule has 2 fully saturated rings. The summed E-state index contributed by atoms with van der Waals surface area (Å²) in [7, 11) is 0. The van der Waals surface area contributed by atoms with Crippen molar-refractivity contribution >= 4 is 57.1 Å². The number of esters is 1. The van der Waals surface area contributed by atoms with Crippen molar-refractivity contribution in [2.45, 2.75) is 38.4 Å². The fraction of sp³-hybridized carbons (Fsp3) is 0.684. The van der Waals surface area contributed by atoms with Crippen LogP contribution < -0.4 is 0 Å². The molecule has 0 aromatic heterocycles. The van der Waals surface area contributed by atoms with E-state index in [-0.39, 0.29) is 54.6 Å². The highest BCUT2D eigenvalue weighted by Crippen LogP contribution is 2.52. The molecule has 2 aliphatic carbocycles. The molecule has 0 radical (unpaired) electrons. The largest absolute Gasteiger partial charge is 0.463 e. The molecule has 148 valence electrons. The fourth-order valence-electron chi connectivity index (χ4n) is 4.05. The summed E-state index contributed by atoms with van der Waals surface area (Å²) in [5.74, 6) is 0.309. The van der Waals surface area contributed by atoms with Gasteiger partial charge in [0.1, 0.15) is 14.9 Å². The zero-order chi connectivity index (χ0) is 19.8. The van der Waals surface area contributed by atoms with E-state index in [1.54, 1.807) is 25.6 Å². The summed E-state index contributed by atoms with van der Waals surface area (Å²) in [5.41, 5.74) is 0. The van der Waals surface area contributed by atoms with Crippen LogP contribution in [0.1, 0.15) is 33.6 Å². The van der Waals surface area contributed by atoms with Crippen LogP contribution in [0.25, 0.3) is 0 Å². The van der Waals surface area contributed by atoms with Gasteiger partial charge in [0.2, 0.25) is 11.8 Å². The predicted octanol–water partition coefficient (Wildman–Crippen LogP) is 3.28. The summed E-state index contributed by atoms with van der Waals surface area (Å²) in [6.45, 7) is 5.79. The molecule has 1 saturated heterocycles. The van der Waals surface area contributed by atoms with Crippen LogP contribution in [0.5, 0.6) is 0 Å². The third kappa shape index (κ3) is 4.12. The van der Waals surface area contributed by atoms with E-state index in [9.17, 15) is 14.4 Å². The van der Waals surface area contributed by atoms with Crippen LogP contribution in [0.15, 0.2) is 12.2 Å². The van der Waals surface area contributed by atoms with E-state index in [1.807, 2.05) is 0 Å². The number of thioether (sulfide) groups is 2. The second-order valence-electron chi connectivity index (χ2n) is 7.67. The van der Waals surface area contributed by atoms with Crippen LogP contribution in [0.4, 0.5) is 0 Å². The summed E-state index contributed by atoms with van der Waals surface area (Å²) in [4.78, 5) is 38.9. The van der Waals surface area contributed by atoms with Crippen LogP contribution in [0.2, 0.25) is 0 Å². The van der Waals surface area contributed by atoms with Gasteiger partial charge >= 0.3 is 5.97 Å². The Morgan fingerprint density at radius 1 is 1.26 bits per heavy atom. The Labute approximate surface area is 174 Å². The molecule has 2 amide bonds. The van der Waals surface area contributed by atoms with Crippen molar-refractivity contribution in [3.8, 4) is 0 Å². The molecule has 0 aromatic carbocycles. The lowest BCUT2D eigenvalue weighted by Gasteiger charge is -2.23. The molecular weight excluding hydrogens is 402 g/mol. The van der Waals surface area contributed by atoms with Crippen LogP contribution in [-0.2, 0) is 19.1 Å². The molecule has 0 N–H and O–H groups in total. The summed E-state index contributed by atoms with van der Waals surface area (Å²) >= 11 is 8.19. The first kappa shape index (κ1) is 20.9. The Morgan fingerprint density at radius 2 is 1.85 bits per heavy atom. The Balaban J connectivity index is 1.48. The first-order valence-corrected chi connectivity index (χ1v) is 11.5. The number of hydrogen-bond acceptors (Lipinski definition) is 7. The van der Waals surface area contributed by atoms with Gasteiger partial charge in [-0.1, -0.05) is 43.1 Å². The summed E-state index contributed by atoms with van der Waals surface area (Å²) in [5, 5.41) is 0. The minimum Gasteiger partial charge on any atom is -0.463 e. The van der Waals surface area contributed by atoms with Crippen LogP contribution in [-0.4, -0.2) is 49.9 Å². The van der Waals surface area contributed by atoms with Crippen LogP contribution in [0.3, 0.4) is 0 Å². The number of carbonyl (C=O) groups is 3. The minimum absolute atomic E-state index is 0.0252. The molecule has 5 nitrogen and oxygen atoms in total. The van der Waals surface area contributed by atoms with Crippen LogP contribution >= 0.6 is 35.7 Å². The van der Waals surface area contributed by atoms with Gasteiger partial charge in [0.15, 0.2) is 0 Å². The summed E-state index contributed by atoms with van der Waals surface area (Å²) in [6, 6.07) is 0. The van der Waals surface area contributed by atoms with Crippen molar-refractivity contribution in [2.24, 2.45) is 23.7 Å². The number of thiocarbonyl (C=S) groups is 1. The molecule has 2 unspecified atom stereocenters. The monoisotopic (exact) mass is 427 g/mol. The zero-order valence-electron chi connectivity index (χ0n) is 15.8. The smallest absolute Gasteiger partial charge is 0.322 e. The van der Waals surface area contributed by atoms with Gasteiger partial charge in [0.05, 0.1) is 18.4 Å². The van der Waals surface area contributed by atoms with Gasteiger partial charge in [-0.05, 0) is 44.3 Å². The Hall–Kier alpha value is -0.860. The molecule has 1 aliphatic heterocycles. The standard InChI is InChI=1S/C19H25NO4S3/c1-4-9-26-18(25)27-19(2,3)17(23)24-8-7-20-15(21)13-11-5-6-12(10-11)14(13)16(20)22/h5-6,11-14H,4,7-10H2,1-3H3/t11?,12?,13-,14+. The van der Waals surface area contributed by atoms with Gasteiger partial charge in [-0.15, -0.1) is 11.8 Å². The average Bonchev–Trinajstić information content (AvgIpc) is 3.28. The highest BCUT2D eigenvalue weighted by atomic mass is 32.2. The molecular formula is C19H25NO4S3. The van der Waals surface area contributed by atoms with Crippen molar-refractivity contribution in [2.75, 3.05) is 18.9 Å². The number of allylic oxidation sites excluding steroid dienone is 2. The number of likely N-dealkylation sites (tertiary alicyclic amines) is 1. The first-order chi connectivity index (χ1) is 12.8. The molecule has 2 bridgehead atoms. The Kier molecular flexibility index (Phi) is 6.37. The fourth-order valence-corrected chi connectivity index (χ4v) is 6.97. The van der Waals surface area contributed by atoms with E-state index >= 15 is 0 Å². The minimum atomic E-state index is -0.795. The molecule has 1 saturated carbocycles. The van der Waals surface area contributed by atoms with Gasteiger partial charge < -0.3 is 4.74 Å². The Bertz CT molecular complexity index is 660. The highest BCUT2D eigenvalue weighted by molar-refractivity contribution is 8.47. The Morgan fingerprint density at radius 3 is 2.41 bits per heavy atom. The summed E-state index contributed by atoms with van der Waals surface area (Å²) < 4.78 is 5.30. The maximum absolute atomic E-state index is 12.6. The molecule has 4 atom stereocenters. The van der Waals surface area contributed by atoms with Crippen molar-refractivity contribution in [1.82, 2.24) is 4.90 Å². The second kappa shape index (κ2) is 8.25. The maximum atomic E-state index is 12.6. The van der Waals surface area contributed by atoms with Crippen molar-refractivity contribution in [1.29, 1.82) is 0 Å². The van der Waals surface area contributed by atoms with E-state index in [4.69, 9.17) is 17.0 Å². The van der Waals surface area contributed by atoms with Crippen molar-refractivity contribution in [3.05, 3.63) is 12.2 Å². The molecule has 8 heteroatoms. The SMILES string of the molecule is CCCSC(=S)SC(C)(C)C(=O)OCCN1C(=O)[C@@H]2C3C=CC(C3)[C@@H]2C1=O. The first-order valence-electron chi connectivity index (χ1n) is 9.32. The number of imide groups is 1. The van der Waals surface area contributed by atoms with E-state index in [1.165, 1.54) is 16.7 Å². The number of amides is 2. The van der Waals surface area contributed by atoms with Gasteiger partial charge in [-0.2, -0.15) is 0 Å². The number of fused-ring (bicyclic) bond motifs is 5. The van der Waals surface area contributed by atoms with Crippen molar-refractivity contribution < 1.29 is 19.1 Å². The van der Waals surface area contributed by atoms with Crippen LogP contribution in [0, 0.1) is 23.7 Å². The topological polar surface area (TPSA) is 63.7 Å². The van der Waals surface area contributed by atoms with E-state index in [2.05, 4.69) is 19.1 Å². The van der Waals surface area contributed by atoms with Gasteiger partial charge in [0.25, 0.3) is 0 Å². The number of rotatable bonds is 7. The van der Waals surface area contributed by atoms with Gasteiger partial charge in [-0.25, -0.2) is 0 Å². The van der Waals surface area contributed by atoms with E-state index in [0.717, 1.165) is 22.1 Å². The lowest BCUT2D eigenvalue weighted by Crippen LogP contribution is -2.38. The number of hydrogen-bond donors (Lipinski definition) is 0. The molecule has 1 heterocycles. The normalized spacial score (nSPS) is 28.8. The summed E-state index contributed by atoms with van der Waals surface area (Å²) in [6.07, 6.45) is 6.07. The van der Waals surface area contributed by atoms with Gasteiger partial charge in [0, 0.05) is 0 Å². The number of carbonyl (C=O) groups excluding carboxylic acids is 3. The lowest BCUT2D eigenvalue weighted by molar-refractivity contribution is -0.150. The molecule has 27 heavy (non-hydrogen) atoms. The second-order valence-corrected chi connectivity index (χ2v) is 11.6. The van der Waals surface area contributed by atoms with Gasteiger partial charge in [-0.3, -0.25) is 19.3 Å². The molecule has 0 spiro atoms. The average molecular weight is 428 g/mol. The van der Waals surface area contributed by atoms with Crippen molar-refractivity contribution in [3.63, 3.8) is 0 Å². The predicted molar refractivity (Wildman–Crippen MR) is 112 cm³/mol. The molecule has 3 aliphatic rings. The number of nitrogens with zero attached hydrogens (tertiary/aromatic N) is 1. The van der Waals surface area contributed by atoms with E-state index in [0.29, 0.717) is 0 Å².